The Labute approximate surface area is 144 Å². The molecule has 126 valence electrons. The van der Waals surface area contributed by atoms with Crippen molar-refractivity contribution in [2.45, 2.75) is 19.9 Å². The summed E-state index contributed by atoms with van der Waals surface area (Å²) in [7, 11) is 0. The number of pyridine rings is 1. The van der Waals surface area contributed by atoms with Crippen molar-refractivity contribution in [1.82, 2.24) is 14.9 Å². The third-order valence-electron chi connectivity index (χ3n) is 4.79. The number of benzene rings is 1. The van der Waals surface area contributed by atoms with E-state index in [1.807, 2.05) is 18.2 Å². The highest BCUT2D eigenvalue weighted by Crippen LogP contribution is 2.26. The molecule has 1 amide bonds. The van der Waals surface area contributed by atoms with E-state index in [0.29, 0.717) is 35.4 Å². The molecule has 2 aromatic heterocycles. The molecule has 6 nitrogen and oxygen atoms in total. The van der Waals surface area contributed by atoms with Crippen LogP contribution in [0.5, 0.6) is 0 Å². The molecule has 0 spiro atoms. The summed E-state index contributed by atoms with van der Waals surface area (Å²) in [4.78, 5) is 33.4. The molecule has 0 aliphatic carbocycles. The molecule has 0 fully saturated rings. The van der Waals surface area contributed by atoms with Gasteiger partial charge in [0.05, 0.1) is 16.6 Å². The monoisotopic (exact) mass is 335 g/mol. The van der Waals surface area contributed by atoms with Crippen LogP contribution in [0.1, 0.15) is 37.5 Å². The Morgan fingerprint density at radius 2 is 1.96 bits per heavy atom. The Kier molecular flexibility index (Phi) is 3.53. The Balaban J connectivity index is 1.73. The molecule has 1 aromatic carbocycles. The van der Waals surface area contributed by atoms with E-state index in [2.05, 4.69) is 16.0 Å². The van der Waals surface area contributed by atoms with Gasteiger partial charge in [0.15, 0.2) is 0 Å². The molecule has 3 aromatic rings. The number of carbonyl (C=O) groups is 2. The van der Waals surface area contributed by atoms with Gasteiger partial charge in [-0.3, -0.25) is 9.78 Å². The number of nitrogens with zero attached hydrogens (tertiary/aromatic N) is 2. The van der Waals surface area contributed by atoms with Crippen LogP contribution in [0, 0.1) is 6.92 Å². The first-order valence-corrected chi connectivity index (χ1v) is 8.13. The van der Waals surface area contributed by atoms with E-state index in [0.717, 1.165) is 12.0 Å². The number of aromatic amines is 1. The molecule has 4 rings (SSSR count). The van der Waals surface area contributed by atoms with Gasteiger partial charge in [-0.1, -0.05) is 24.3 Å². The number of hydrogen-bond acceptors (Lipinski definition) is 3. The van der Waals surface area contributed by atoms with Gasteiger partial charge in [-0.25, -0.2) is 4.79 Å². The lowest BCUT2D eigenvalue weighted by Crippen LogP contribution is -2.36. The molecule has 0 bridgehead atoms. The number of carboxylic acids is 1. The number of nitrogens with one attached hydrogen (secondary N) is 1. The molecule has 0 unspecified atom stereocenters. The third kappa shape index (κ3) is 2.46. The summed E-state index contributed by atoms with van der Waals surface area (Å²) in [5, 5.41) is 9.34. The number of carboxylic acid groups (broad SMARTS) is 1. The zero-order chi connectivity index (χ0) is 17.6. The van der Waals surface area contributed by atoms with Crippen molar-refractivity contribution in [3.63, 3.8) is 0 Å². The SMILES string of the molecule is Cc1c(C(=O)N2CCc3ccccc3C2)[nH]c2c(C(=O)O)ccnc12. The number of aryl methyl sites for hydroxylation is 1. The fraction of sp³-hybridized carbons (Fsp3) is 0.211. The average Bonchev–Trinajstić information content (AvgIpc) is 2.97. The van der Waals surface area contributed by atoms with E-state index in [9.17, 15) is 14.7 Å². The maximum absolute atomic E-state index is 13.0. The van der Waals surface area contributed by atoms with Gasteiger partial charge in [0, 0.05) is 24.8 Å². The number of H-pyrrole nitrogens is 1. The predicted octanol–water partition coefficient (Wildman–Crippen LogP) is 2.77. The Bertz CT molecular complexity index is 1010. The minimum absolute atomic E-state index is 0.121. The van der Waals surface area contributed by atoms with E-state index >= 15 is 0 Å². The summed E-state index contributed by atoms with van der Waals surface area (Å²) in [6.07, 6.45) is 2.28. The number of carbonyl (C=O) groups excluding carboxylic acids is 1. The van der Waals surface area contributed by atoms with Gasteiger partial charge in [-0.05, 0) is 30.5 Å². The van der Waals surface area contributed by atoms with Crippen LogP contribution >= 0.6 is 0 Å². The second-order valence-corrected chi connectivity index (χ2v) is 6.26. The first-order valence-electron chi connectivity index (χ1n) is 8.13. The fourth-order valence-corrected chi connectivity index (χ4v) is 3.43. The lowest BCUT2D eigenvalue weighted by Gasteiger charge is -2.28. The summed E-state index contributed by atoms with van der Waals surface area (Å²) in [5.74, 6) is -1.17. The van der Waals surface area contributed by atoms with Gasteiger partial charge in [0.25, 0.3) is 5.91 Å². The first kappa shape index (κ1) is 15.4. The minimum Gasteiger partial charge on any atom is -0.478 e. The molecule has 1 aliphatic rings. The molecule has 2 N–H and O–H groups in total. The zero-order valence-electron chi connectivity index (χ0n) is 13.7. The second kappa shape index (κ2) is 5.73. The summed E-state index contributed by atoms with van der Waals surface area (Å²) in [6.45, 7) is 3.00. The Hall–Kier alpha value is -3.15. The molecule has 25 heavy (non-hydrogen) atoms. The molecular weight excluding hydrogens is 318 g/mol. The van der Waals surface area contributed by atoms with Crippen LogP contribution in [0.4, 0.5) is 0 Å². The van der Waals surface area contributed by atoms with Gasteiger partial charge >= 0.3 is 5.97 Å². The van der Waals surface area contributed by atoms with Crippen LogP contribution in [0.25, 0.3) is 11.0 Å². The third-order valence-corrected chi connectivity index (χ3v) is 4.79. The van der Waals surface area contributed by atoms with Crippen molar-refractivity contribution in [2.24, 2.45) is 0 Å². The van der Waals surface area contributed by atoms with Crippen LogP contribution in [0.3, 0.4) is 0 Å². The van der Waals surface area contributed by atoms with Gasteiger partial charge in [0.1, 0.15) is 5.69 Å². The summed E-state index contributed by atoms with van der Waals surface area (Å²) < 4.78 is 0. The molecule has 3 heterocycles. The van der Waals surface area contributed by atoms with Crippen molar-refractivity contribution in [2.75, 3.05) is 6.54 Å². The predicted molar refractivity (Wildman–Crippen MR) is 92.7 cm³/mol. The number of hydrogen-bond donors (Lipinski definition) is 2. The van der Waals surface area contributed by atoms with Crippen molar-refractivity contribution in [3.8, 4) is 0 Å². The van der Waals surface area contributed by atoms with Crippen LogP contribution in [-0.4, -0.2) is 38.4 Å². The molecule has 0 saturated carbocycles. The molecule has 0 saturated heterocycles. The van der Waals surface area contributed by atoms with Crippen LogP contribution in [0.15, 0.2) is 36.5 Å². The average molecular weight is 335 g/mol. The number of aromatic carboxylic acids is 1. The quantitative estimate of drug-likeness (QED) is 0.754. The highest BCUT2D eigenvalue weighted by molar-refractivity contribution is 6.06. The van der Waals surface area contributed by atoms with Crippen LogP contribution < -0.4 is 0 Å². The molecular formula is C19H17N3O3. The standard InChI is InChI=1S/C19H17N3O3/c1-11-15-17(14(19(24)25)6-8-20-15)21-16(11)18(23)22-9-7-12-4-2-3-5-13(12)10-22/h2-6,8,21H,7,9-10H2,1H3,(H,24,25). The molecule has 1 aliphatic heterocycles. The van der Waals surface area contributed by atoms with Crippen molar-refractivity contribution < 1.29 is 14.7 Å². The number of fused-ring (bicyclic) bond motifs is 2. The van der Waals surface area contributed by atoms with Crippen LogP contribution in [0.2, 0.25) is 0 Å². The van der Waals surface area contributed by atoms with Gasteiger partial charge in [0.2, 0.25) is 0 Å². The normalized spacial score (nSPS) is 13.7. The van der Waals surface area contributed by atoms with E-state index < -0.39 is 5.97 Å². The van der Waals surface area contributed by atoms with Gasteiger partial charge in [-0.15, -0.1) is 0 Å². The zero-order valence-corrected chi connectivity index (χ0v) is 13.7. The number of amides is 1. The summed E-state index contributed by atoms with van der Waals surface area (Å²) in [6, 6.07) is 9.55. The Morgan fingerprint density at radius 3 is 2.72 bits per heavy atom. The maximum Gasteiger partial charge on any atom is 0.337 e. The summed E-state index contributed by atoms with van der Waals surface area (Å²) >= 11 is 0. The molecule has 6 heteroatoms. The highest BCUT2D eigenvalue weighted by Gasteiger charge is 2.26. The smallest absolute Gasteiger partial charge is 0.337 e. The van der Waals surface area contributed by atoms with E-state index in [-0.39, 0.29) is 11.5 Å². The van der Waals surface area contributed by atoms with E-state index in [4.69, 9.17) is 0 Å². The molecule has 0 atom stereocenters. The van der Waals surface area contributed by atoms with Crippen molar-refractivity contribution in [3.05, 3.63) is 64.5 Å². The lowest BCUT2D eigenvalue weighted by molar-refractivity contribution is 0.0695. The number of rotatable bonds is 2. The van der Waals surface area contributed by atoms with Gasteiger partial charge < -0.3 is 15.0 Å². The second-order valence-electron chi connectivity index (χ2n) is 6.26. The largest absolute Gasteiger partial charge is 0.478 e. The summed E-state index contributed by atoms with van der Waals surface area (Å²) in [5.41, 5.74) is 4.57. The van der Waals surface area contributed by atoms with E-state index in [1.165, 1.54) is 17.8 Å². The number of aromatic nitrogens is 2. The van der Waals surface area contributed by atoms with E-state index in [1.54, 1.807) is 11.8 Å². The lowest BCUT2D eigenvalue weighted by atomic mass is 9.99. The maximum atomic E-state index is 13.0. The topological polar surface area (TPSA) is 86.3 Å². The van der Waals surface area contributed by atoms with Gasteiger partial charge in [-0.2, -0.15) is 0 Å². The molecule has 0 radical (unpaired) electrons. The first-order chi connectivity index (χ1) is 12.1. The fourth-order valence-electron chi connectivity index (χ4n) is 3.43. The highest BCUT2D eigenvalue weighted by atomic mass is 16.4. The van der Waals surface area contributed by atoms with Crippen LogP contribution in [-0.2, 0) is 13.0 Å². The minimum atomic E-state index is -1.04. The van der Waals surface area contributed by atoms with Crippen molar-refractivity contribution >= 4 is 22.9 Å². The Morgan fingerprint density at radius 1 is 1.20 bits per heavy atom. The van der Waals surface area contributed by atoms with Crippen molar-refractivity contribution in [1.29, 1.82) is 0 Å².